The Bertz CT molecular complexity index is 588. The average Bonchev–Trinajstić information content (AvgIpc) is 2.81. The third-order valence-corrected chi connectivity index (χ3v) is 3.41. The zero-order valence-corrected chi connectivity index (χ0v) is 10.3. The van der Waals surface area contributed by atoms with Gasteiger partial charge in [0.1, 0.15) is 4.70 Å². The SMILES string of the molecule is CNC(=O)CCCn1cnc2ccsc2c1=O. The average molecular weight is 251 g/mol. The van der Waals surface area contributed by atoms with Crippen molar-refractivity contribution in [1.29, 1.82) is 0 Å². The minimum atomic E-state index is -0.0260. The van der Waals surface area contributed by atoms with Gasteiger partial charge in [-0.3, -0.25) is 14.2 Å². The lowest BCUT2D eigenvalue weighted by atomic mass is 10.3. The van der Waals surface area contributed by atoms with Gasteiger partial charge in [-0.05, 0) is 17.9 Å². The molecular weight excluding hydrogens is 238 g/mol. The van der Waals surface area contributed by atoms with Gasteiger partial charge in [-0.1, -0.05) is 0 Å². The van der Waals surface area contributed by atoms with Crippen LogP contribution in [0, 0.1) is 0 Å². The molecule has 2 aromatic heterocycles. The van der Waals surface area contributed by atoms with Gasteiger partial charge in [0.2, 0.25) is 5.91 Å². The number of fused-ring (bicyclic) bond motifs is 1. The fourth-order valence-corrected chi connectivity index (χ4v) is 2.37. The van der Waals surface area contributed by atoms with Gasteiger partial charge in [-0.15, -0.1) is 11.3 Å². The molecule has 0 aliphatic rings. The molecule has 0 unspecified atom stereocenters. The zero-order chi connectivity index (χ0) is 12.3. The zero-order valence-electron chi connectivity index (χ0n) is 9.47. The number of rotatable bonds is 4. The minimum Gasteiger partial charge on any atom is -0.359 e. The third-order valence-electron chi connectivity index (χ3n) is 2.52. The Hall–Kier alpha value is -1.69. The Morgan fingerprint density at radius 1 is 1.59 bits per heavy atom. The molecule has 0 spiro atoms. The van der Waals surface area contributed by atoms with Crippen molar-refractivity contribution in [2.24, 2.45) is 0 Å². The standard InChI is InChI=1S/C11H13N3O2S/c1-12-9(15)3-2-5-14-7-13-8-4-6-17-10(8)11(14)16/h4,6-7H,2-3,5H2,1H3,(H,12,15). The van der Waals surface area contributed by atoms with E-state index in [0.29, 0.717) is 24.1 Å². The third kappa shape index (κ3) is 2.52. The number of aromatic nitrogens is 2. The van der Waals surface area contributed by atoms with Gasteiger partial charge in [0.25, 0.3) is 5.56 Å². The normalized spacial score (nSPS) is 10.6. The largest absolute Gasteiger partial charge is 0.359 e. The van der Waals surface area contributed by atoms with E-state index in [0.717, 1.165) is 5.52 Å². The van der Waals surface area contributed by atoms with Crippen LogP contribution >= 0.6 is 11.3 Å². The second kappa shape index (κ2) is 5.09. The van der Waals surface area contributed by atoms with Crippen LogP contribution in [-0.4, -0.2) is 22.5 Å². The van der Waals surface area contributed by atoms with Crippen molar-refractivity contribution < 1.29 is 4.79 Å². The molecule has 6 heteroatoms. The van der Waals surface area contributed by atoms with Crippen LogP contribution in [0.2, 0.25) is 0 Å². The predicted octanol–water partition coefficient (Wildman–Crippen LogP) is 0.984. The summed E-state index contributed by atoms with van der Waals surface area (Å²) in [5.41, 5.74) is 0.712. The molecule has 0 aliphatic heterocycles. The molecule has 1 amide bonds. The maximum absolute atomic E-state index is 12.0. The van der Waals surface area contributed by atoms with Crippen LogP contribution in [0.25, 0.3) is 10.2 Å². The van der Waals surface area contributed by atoms with Crippen LogP contribution in [0.1, 0.15) is 12.8 Å². The lowest BCUT2D eigenvalue weighted by Gasteiger charge is -2.04. The molecular formula is C11H13N3O2S. The number of aryl methyl sites for hydroxylation is 1. The molecule has 0 radical (unpaired) electrons. The summed E-state index contributed by atoms with van der Waals surface area (Å²) in [5.74, 6) is -0.0109. The summed E-state index contributed by atoms with van der Waals surface area (Å²) in [6.07, 6.45) is 2.60. The van der Waals surface area contributed by atoms with E-state index in [2.05, 4.69) is 10.3 Å². The topological polar surface area (TPSA) is 64.0 Å². The molecule has 0 atom stereocenters. The number of amides is 1. The van der Waals surface area contributed by atoms with Crippen LogP contribution < -0.4 is 10.9 Å². The number of thiophene rings is 1. The van der Waals surface area contributed by atoms with Crippen molar-refractivity contribution in [3.05, 3.63) is 28.1 Å². The Morgan fingerprint density at radius 2 is 2.41 bits per heavy atom. The second-order valence-electron chi connectivity index (χ2n) is 3.65. The highest BCUT2D eigenvalue weighted by Gasteiger charge is 2.05. The first-order valence-electron chi connectivity index (χ1n) is 5.35. The molecule has 2 rings (SSSR count). The minimum absolute atomic E-state index is 0.0109. The molecule has 2 heterocycles. The number of hydrogen-bond acceptors (Lipinski definition) is 4. The molecule has 0 fully saturated rings. The van der Waals surface area contributed by atoms with E-state index in [1.54, 1.807) is 17.9 Å². The number of nitrogens with one attached hydrogen (secondary N) is 1. The number of hydrogen-bond donors (Lipinski definition) is 1. The van der Waals surface area contributed by atoms with Crippen LogP contribution in [0.15, 0.2) is 22.6 Å². The maximum atomic E-state index is 12.0. The van der Waals surface area contributed by atoms with Crippen molar-refractivity contribution in [2.75, 3.05) is 7.05 Å². The van der Waals surface area contributed by atoms with Crippen LogP contribution in [0.3, 0.4) is 0 Å². The van der Waals surface area contributed by atoms with Crippen molar-refractivity contribution in [2.45, 2.75) is 19.4 Å². The van der Waals surface area contributed by atoms with Crippen LogP contribution in [0.4, 0.5) is 0 Å². The number of carbonyl (C=O) groups is 1. The lowest BCUT2D eigenvalue weighted by Crippen LogP contribution is -2.22. The van der Waals surface area contributed by atoms with E-state index in [-0.39, 0.29) is 11.5 Å². The molecule has 0 saturated heterocycles. The van der Waals surface area contributed by atoms with E-state index in [1.165, 1.54) is 11.3 Å². The maximum Gasteiger partial charge on any atom is 0.271 e. The molecule has 0 aromatic carbocycles. The Balaban J connectivity index is 2.11. The van der Waals surface area contributed by atoms with Gasteiger partial charge in [0, 0.05) is 20.0 Å². The summed E-state index contributed by atoms with van der Waals surface area (Å²) in [5, 5.41) is 4.41. The molecule has 90 valence electrons. The van der Waals surface area contributed by atoms with E-state index in [1.807, 2.05) is 11.4 Å². The summed E-state index contributed by atoms with van der Waals surface area (Å²) in [4.78, 5) is 27.2. The van der Waals surface area contributed by atoms with Gasteiger partial charge >= 0.3 is 0 Å². The highest BCUT2D eigenvalue weighted by molar-refractivity contribution is 7.17. The quantitative estimate of drug-likeness (QED) is 0.881. The van der Waals surface area contributed by atoms with Gasteiger partial charge in [-0.25, -0.2) is 4.98 Å². The summed E-state index contributed by atoms with van der Waals surface area (Å²) in [7, 11) is 1.60. The lowest BCUT2D eigenvalue weighted by molar-refractivity contribution is -0.120. The Labute approximate surface area is 102 Å². The van der Waals surface area contributed by atoms with Crippen molar-refractivity contribution in [3.8, 4) is 0 Å². The van der Waals surface area contributed by atoms with Gasteiger partial charge in [-0.2, -0.15) is 0 Å². The fraction of sp³-hybridized carbons (Fsp3) is 0.364. The van der Waals surface area contributed by atoms with Crippen molar-refractivity contribution >= 4 is 27.5 Å². The summed E-state index contributed by atoms with van der Waals surface area (Å²) < 4.78 is 2.23. The van der Waals surface area contributed by atoms with E-state index >= 15 is 0 Å². The predicted molar refractivity (Wildman–Crippen MR) is 67.2 cm³/mol. The van der Waals surface area contributed by atoms with E-state index in [9.17, 15) is 9.59 Å². The highest BCUT2D eigenvalue weighted by atomic mass is 32.1. The summed E-state index contributed by atoms with van der Waals surface area (Å²) in [6, 6.07) is 1.83. The first kappa shape index (κ1) is 11.8. The van der Waals surface area contributed by atoms with Crippen molar-refractivity contribution in [1.82, 2.24) is 14.9 Å². The molecule has 0 aliphatic carbocycles. The molecule has 0 saturated carbocycles. The first-order chi connectivity index (χ1) is 8.22. The van der Waals surface area contributed by atoms with Crippen LogP contribution in [-0.2, 0) is 11.3 Å². The fourth-order valence-electron chi connectivity index (χ4n) is 1.57. The Morgan fingerprint density at radius 3 is 3.18 bits per heavy atom. The van der Waals surface area contributed by atoms with Crippen LogP contribution in [0.5, 0.6) is 0 Å². The van der Waals surface area contributed by atoms with Gasteiger partial charge < -0.3 is 5.32 Å². The molecule has 1 N–H and O–H groups in total. The van der Waals surface area contributed by atoms with E-state index < -0.39 is 0 Å². The van der Waals surface area contributed by atoms with Crippen molar-refractivity contribution in [3.63, 3.8) is 0 Å². The molecule has 17 heavy (non-hydrogen) atoms. The highest BCUT2D eigenvalue weighted by Crippen LogP contribution is 2.13. The molecule has 2 aromatic rings. The van der Waals surface area contributed by atoms with Gasteiger partial charge in [0.05, 0.1) is 11.8 Å². The summed E-state index contributed by atoms with van der Waals surface area (Å²) in [6.45, 7) is 0.521. The van der Waals surface area contributed by atoms with E-state index in [4.69, 9.17) is 0 Å². The number of nitrogens with zero attached hydrogens (tertiary/aromatic N) is 2. The smallest absolute Gasteiger partial charge is 0.271 e. The second-order valence-corrected chi connectivity index (χ2v) is 4.57. The monoisotopic (exact) mass is 251 g/mol. The molecule has 5 nitrogen and oxygen atoms in total. The number of carbonyl (C=O) groups excluding carboxylic acids is 1. The van der Waals surface area contributed by atoms with Gasteiger partial charge in [0.15, 0.2) is 0 Å². The Kier molecular flexibility index (Phi) is 3.53. The first-order valence-corrected chi connectivity index (χ1v) is 6.23. The molecule has 0 bridgehead atoms. The summed E-state index contributed by atoms with van der Waals surface area (Å²) >= 11 is 1.40.